The number of rotatable bonds is 6. The van der Waals surface area contributed by atoms with E-state index in [0.29, 0.717) is 5.92 Å². The second kappa shape index (κ2) is 5.55. The van der Waals surface area contributed by atoms with Gasteiger partial charge in [0.05, 0.1) is 0 Å². The molecule has 0 spiro atoms. The van der Waals surface area contributed by atoms with Crippen molar-refractivity contribution in [1.82, 2.24) is 5.32 Å². The molecule has 0 heterocycles. The molecule has 0 amide bonds. The summed E-state index contributed by atoms with van der Waals surface area (Å²) in [5, 5.41) is 3.53. The van der Waals surface area contributed by atoms with Gasteiger partial charge in [-0.15, -0.1) is 0 Å². The molecule has 82 valence electrons. The second-order valence-electron chi connectivity index (χ2n) is 5.26. The van der Waals surface area contributed by atoms with E-state index in [9.17, 15) is 0 Å². The molecule has 0 aliphatic heterocycles. The van der Waals surface area contributed by atoms with Crippen LogP contribution in [0.3, 0.4) is 0 Å². The van der Waals surface area contributed by atoms with Crippen LogP contribution in [0.4, 0.5) is 0 Å². The maximum absolute atomic E-state index is 3.53. The Labute approximate surface area is 89.0 Å². The molecule has 0 aromatic carbocycles. The van der Waals surface area contributed by atoms with Gasteiger partial charge in [-0.05, 0) is 37.1 Å². The molecule has 0 aromatic rings. The quantitative estimate of drug-likeness (QED) is 0.642. The van der Waals surface area contributed by atoms with Crippen molar-refractivity contribution in [3.63, 3.8) is 0 Å². The van der Waals surface area contributed by atoms with Gasteiger partial charge in [-0.25, -0.2) is 0 Å². The Morgan fingerprint density at radius 3 is 2.36 bits per heavy atom. The van der Waals surface area contributed by atoms with Gasteiger partial charge in [-0.1, -0.05) is 39.3 Å². The zero-order valence-electron chi connectivity index (χ0n) is 10.1. The van der Waals surface area contributed by atoms with Crippen molar-refractivity contribution in [3.05, 3.63) is 11.6 Å². The summed E-state index contributed by atoms with van der Waals surface area (Å²) in [6.45, 7) is 11.3. The van der Waals surface area contributed by atoms with Gasteiger partial charge in [0, 0.05) is 6.54 Å². The van der Waals surface area contributed by atoms with Gasteiger partial charge in [0.25, 0.3) is 0 Å². The van der Waals surface area contributed by atoms with E-state index in [0.717, 1.165) is 24.9 Å². The van der Waals surface area contributed by atoms with Gasteiger partial charge >= 0.3 is 0 Å². The van der Waals surface area contributed by atoms with Crippen molar-refractivity contribution in [3.8, 4) is 0 Å². The van der Waals surface area contributed by atoms with Gasteiger partial charge in [-0.3, -0.25) is 0 Å². The Morgan fingerprint density at radius 2 is 1.93 bits per heavy atom. The summed E-state index contributed by atoms with van der Waals surface area (Å²) in [7, 11) is 0. The lowest BCUT2D eigenvalue weighted by molar-refractivity contribution is 0.555. The van der Waals surface area contributed by atoms with Gasteiger partial charge < -0.3 is 5.32 Å². The molecular formula is C13H25N. The molecule has 1 N–H and O–H groups in total. The first-order chi connectivity index (χ1) is 6.59. The Kier molecular flexibility index (Phi) is 4.67. The third kappa shape index (κ3) is 4.80. The van der Waals surface area contributed by atoms with E-state index in [-0.39, 0.29) is 0 Å². The van der Waals surface area contributed by atoms with E-state index < -0.39 is 0 Å². The van der Waals surface area contributed by atoms with Crippen molar-refractivity contribution < 1.29 is 0 Å². The Bertz CT molecular complexity index is 187. The second-order valence-corrected chi connectivity index (χ2v) is 5.26. The highest BCUT2D eigenvalue weighted by atomic mass is 14.9. The third-order valence-electron chi connectivity index (χ3n) is 2.70. The fourth-order valence-corrected chi connectivity index (χ4v) is 1.53. The molecular weight excluding hydrogens is 170 g/mol. The summed E-state index contributed by atoms with van der Waals surface area (Å²) in [5.74, 6) is 2.37. The maximum atomic E-state index is 3.53. The van der Waals surface area contributed by atoms with Crippen LogP contribution in [-0.4, -0.2) is 13.1 Å². The van der Waals surface area contributed by atoms with Crippen molar-refractivity contribution in [2.75, 3.05) is 13.1 Å². The van der Waals surface area contributed by atoms with Crippen molar-refractivity contribution in [1.29, 1.82) is 0 Å². The lowest BCUT2D eigenvalue weighted by Crippen LogP contribution is -2.23. The highest BCUT2D eigenvalue weighted by molar-refractivity contribution is 5.11. The van der Waals surface area contributed by atoms with Gasteiger partial charge in [-0.2, -0.15) is 0 Å². The molecule has 0 aromatic heterocycles. The van der Waals surface area contributed by atoms with Crippen molar-refractivity contribution in [2.45, 2.75) is 40.5 Å². The molecule has 1 nitrogen and oxygen atoms in total. The summed E-state index contributed by atoms with van der Waals surface area (Å²) in [6.07, 6.45) is 5.33. The van der Waals surface area contributed by atoms with E-state index in [1.54, 1.807) is 5.57 Å². The number of allylic oxidation sites excluding steroid dienone is 1. The van der Waals surface area contributed by atoms with E-state index >= 15 is 0 Å². The summed E-state index contributed by atoms with van der Waals surface area (Å²) in [5.41, 5.74) is 1.60. The minimum atomic E-state index is 0.704. The van der Waals surface area contributed by atoms with Crippen LogP contribution >= 0.6 is 0 Å². The highest BCUT2D eigenvalue weighted by Crippen LogP contribution is 2.32. The first-order valence-electron chi connectivity index (χ1n) is 6.01. The topological polar surface area (TPSA) is 12.0 Å². The number of hydrogen-bond donors (Lipinski definition) is 1. The van der Waals surface area contributed by atoms with E-state index in [1.165, 1.54) is 12.8 Å². The monoisotopic (exact) mass is 195 g/mol. The number of nitrogens with one attached hydrogen (secondary N) is 1. The van der Waals surface area contributed by atoms with Crippen LogP contribution in [0.25, 0.3) is 0 Å². The van der Waals surface area contributed by atoms with Gasteiger partial charge in [0.15, 0.2) is 0 Å². The molecule has 14 heavy (non-hydrogen) atoms. The van der Waals surface area contributed by atoms with E-state index in [1.807, 2.05) is 0 Å². The van der Waals surface area contributed by atoms with Gasteiger partial charge in [0.1, 0.15) is 0 Å². The summed E-state index contributed by atoms with van der Waals surface area (Å²) in [6, 6.07) is 0. The van der Waals surface area contributed by atoms with E-state index in [2.05, 4.69) is 39.1 Å². The lowest BCUT2D eigenvalue weighted by Gasteiger charge is -2.14. The summed E-state index contributed by atoms with van der Waals surface area (Å²) in [4.78, 5) is 0. The van der Waals surface area contributed by atoms with Crippen molar-refractivity contribution in [2.24, 2.45) is 17.8 Å². The highest BCUT2D eigenvalue weighted by Gasteiger charge is 2.19. The predicted octanol–water partition coefficient (Wildman–Crippen LogP) is 3.22. The minimum absolute atomic E-state index is 0.704. The molecule has 0 unspecified atom stereocenters. The Hall–Kier alpha value is -0.300. The standard InChI is InChI=1S/C13H25N/c1-10(2)8-14-9-13(11(3)4)7-12-5-6-12/h7,10-12,14H,5-6,8-9H2,1-4H3. The largest absolute Gasteiger partial charge is 0.313 e. The molecule has 1 fully saturated rings. The van der Waals surface area contributed by atoms with Crippen LogP contribution in [-0.2, 0) is 0 Å². The maximum Gasteiger partial charge on any atom is 0.0167 e. The molecule has 0 atom stereocenters. The van der Waals surface area contributed by atoms with Gasteiger partial charge in [0.2, 0.25) is 0 Å². The van der Waals surface area contributed by atoms with Crippen LogP contribution in [0.5, 0.6) is 0 Å². The minimum Gasteiger partial charge on any atom is -0.313 e. The average molecular weight is 195 g/mol. The molecule has 1 saturated carbocycles. The molecule has 1 aliphatic carbocycles. The SMILES string of the molecule is CC(C)CNCC(=CC1CC1)C(C)C. The first-order valence-corrected chi connectivity index (χ1v) is 6.01. The fourth-order valence-electron chi connectivity index (χ4n) is 1.53. The smallest absolute Gasteiger partial charge is 0.0167 e. The third-order valence-corrected chi connectivity index (χ3v) is 2.70. The van der Waals surface area contributed by atoms with Crippen molar-refractivity contribution >= 4 is 0 Å². The zero-order chi connectivity index (χ0) is 10.6. The van der Waals surface area contributed by atoms with Crippen LogP contribution in [0, 0.1) is 17.8 Å². The Balaban J connectivity index is 2.28. The average Bonchev–Trinajstić information content (AvgIpc) is 2.85. The summed E-state index contributed by atoms with van der Waals surface area (Å²) < 4.78 is 0. The molecule has 0 bridgehead atoms. The predicted molar refractivity (Wildman–Crippen MR) is 63.4 cm³/mol. The molecule has 0 saturated heterocycles. The summed E-state index contributed by atoms with van der Waals surface area (Å²) >= 11 is 0. The fraction of sp³-hybridized carbons (Fsp3) is 0.846. The van der Waals surface area contributed by atoms with Crippen LogP contribution in [0.1, 0.15) is 40.5 Å². The molecule has 1 rings (SSSR count). The van der Waals surface area contributed by atoms with Crippen LogP contribution < -0.4 is 5.32 Å². The first kappa shape index (κ1) is 11.8. The molecule has 1 aliphatic rings. The lowest BCUT2D eigenvalue weighted by atomic mass is 10.0. The molecule has 1 heteroatoms. The normalized spacial score (nSPS) is 18.3. The molecule has 0 radical (unpaired) electrons. The Morgan fingerprint density at radius 1 is 1.29 bits per heavy atom. The van der Waals surface area contributed by atoms with E-state index in [4.69, 9.17) is 0 Å². The zero-order valence-corrected chi connectivity index (χ0v) is 10.1. The van der Waals surface area contributed by atoms with Crippen LogP contribution in [0.2, 0.25) is 0 Å². The number of hydrogen-bond acceptors (Lipinski definition) is 1. The van der Waals surface area contributed by atoms with Crippen LogP contribution in [0.15, 0.2) is 11.6 Å².